The Morgan fingerprint density at radius 1 is 1.38 bits per heavy atom. The highest BCUT2D eigenvalue weighted by Gasteiger charge is 2.33. The van der Waals surface area contributed by atoms with Crippen LogP contribution in [0.1, 0.15) is 24.0 Å². The number of nitrogens with two attached hydrogens (primary N) is 1. The number of hydrogen-bond donors (Lipinski definition) is 1. The third-order valence-electron chi connectivity index (χ3n) is 3.70. The van der Waals surface area contributed by atoms with Crippen LogP contribution in [0.3, 0.4) is 0 Å². The number of anilines is 1. The molecule has 0 spiro atoms. The van der Waals surface area contributed by atoms with Gasteiger partial charge >= 0.3 is 6.18 Å². The summed E-state index contributed by atoms with van der Waals surface area (Å²) in [6, 6.07) is 3.99. The number of alkyl halides is 3. The molecule has 21 heavy (non-hydrogen) atoms. The number of benzene rings is 1. The van der Waals surface area contributed by atoms with E-state index in [2.05, 4.69) is 0 Å². The van der Waals surface area contributed by atoms with Gasteiger partial charge in [-0.3, -0.25) is 0 Å². The van der Waals surface area contributed by atoms with E-state index in [0.717, 1.165) is 32.1 Å². The van der Waals surface area contributed by atoms with Crippen molar-refractivity contribution in [3.05, 3.63) is 29.3 Å². The molecule has 2 rings (SSSR count). The number of hydrogen-bond acceptors (Lipinski definition) is 3. The molecule has 0 radical (unpaired) electrons. The van der Waals surface area contributed by atoms with Gasteiger partial charge in [0, 0.05) is 25.4 Å². The van der Waals surface area contributed by atoms with Gasteiger partial charge in [0.15, 0.2) is 0 Å². The van der Waals surface area contributed by atoms with E-state index < -0.39 is 11.7 Å². The maximum atomic E-state index is 13.0. The molecule has 1 aromatic carbocycles. The van der Waals surface area contributed by atoms with Crippen molar-refractivity contribution >= 4 is 5.69 Å². The van der Waals surface area contributed by atoms with Crippen molar-refractivity contribution in [1.82, 2.24) is 4.90 Å². The van der Waals surface area contributed by atoms with Crippen molar-refractivity contribution in [2.75, 3.05) is 32.5 Å². The molecular weight excluding hydrogens is 281 g/mol. The quantitative estimate of drug-likeness (QED) is 0.868. The molecule has 1 fully saturated rings. The lowest BCUT2D eigenvalue weighted by atomic mass is 10.0. The fourth-order valence-electron chi connectivity index (χ4n) is 2.74. The standard InChI is InChI=1S/C15H21F3N2O/c1-20(8-11-3-2-6-21-10-11)9-12-4-5-13(19)7-14(12)15(16,17)18/h4-5,7,11H,2-3,6,8-10,19H2,1H3. The molecular formula is C15H21F3N2O. The maximum Gasteiger partial charge on any atom is 0.416 e. The Labute approximate surface area is 122 Å². The van der Waals surface area contributed by atoms with E-state index in [1.54, 1.807) is 0 Å². The molecule has 2 N–H and O–H groups in total. The van der Waals surface area contributed by atoms with Crippen molar-refractivity contribution in [3.63, 3.8) is 0 Å². The third-order valence-corrected chi connectivity index (χ3v) is 3.70. The minimum atomic E-state index is -4.38. The van der Waals surface area contributed by atoms with Crippen molar-refractivity contribution in [1.29, 1.82) is 0 Å². The smallest absolute Gasteiger partial charge is 0.399 e. The highest BCUT2D eigenvalue weighted by Crippen LogP contribution is 2.33. The lowest BCUT2D eigenvalue weighted by Gasteiger charge is -2.27. The summed E-state index contributed by atoms with van der Waals surface area (Å²) in [4.78, 5) is 1.92. The summed E-state index contributed by atoms with van der Waals surface area (Å²) >= 11 is 0. The van der Waals surface area contributed by atoms with Gasteiger partial charge in [-0.1, -0.05) is 6.07 Å². The summed E-state index contributed by atoms with van der Waals surface area (Å²) in [5.74, 6) is 0.395. The normalized spacial score (nSPS) is 20.0. The van der Waals surface area contributed by atoms with Gasteiger partial charge in [0.25, 0.3) is 0 Å². The van der Waals surface area contributed by atoms with Crippen LogP contribution in [0.5, 0.6) is 0 Å². The Hall–Kier alpha value is -1.27. The molecule has 1 atom stereocenters. The van der Waals surface area contributed by atoms with Crippen LogP contribution in [0.25, 0.3) is 0 Å². The topological polar surface area (TPSA) is 38.5 Å². The van der Waals surface area contributed by atoms with E-state index in [0.29, 0.717) is 12.5 Å². The van der Waals surface area contributed by atoms with Crippen molar-refractivity contribution in [2.24, 2.45) is 5.92 Å². The molecule has 1 aliphatic rings. The highest BCUT2D eigenvalue weighted by molar-refractivity contribution is 5.46. The highest BCUT2D eigenvalue weighted by atomic mass is 19.4. The molecule has 1 aliphatic heterocycles. The van der Waals surface area contributed by atoms with Gasteiger partial charge < -0.3 is 15.4 Å². The number of nitrogens with zero attached hydrogens (tertiary/aromatic N) is 1. The Morgan fingerprint density at radius 2 is 2.14 bits per heavy atom. The third kappa shape index (κ3) is 4.61. The molecule has 0 saturated carbocycles. The summed E-state index contributed by atoms with van der Waals surface area (Å²) in [6.07, 6.45) is -2.29. The first-order chi connectivity index (χ1) is 9.86. The number of nitrogen functional groups attached to an aromatic ring is 1. The van der Waals surface area contributed by atoms with Gasteiger partial charge in [0.2, 0.25) is 0 Å². The molecule has 1 unspecified atom stereocenters. The summed E-state index contributed by atoms with van der Waals surface area (Å²) in [7, 11) is 1.84. The second-order valence-corrected chi connectivity index (χ2v) is 5.69. The average Bonchev–Trinajstić information content (AvgIpc) is 2.40. The maximum absolute atomic E-state index is 13.0. The second kappa shape index (κ2) is 6.66. The predicted octanol–water partition coefficient (Wildman–Crippen LogP) is 3.15. The Kier molecular flexibility index (Phi) is 5.11. The van der Waals surface area contributed by atoms with Crippen LogP contribution in [0, 0.1) is 5.92 Å². The first kappa shape index (κ1) is 16.1. The Bertz CT molecular complexity index is 470. The monoisotopic (exact) mass is 302 g/mol. The summed E-state index contributed by atoms with van der Waals surface area (Å²) < 4.78 is 44.5. The van der Waals surface area contributed by atoms with Crippen LogP contribution in [0.2, 0.25) is 0 Å². The fourth-order valence-corrected chi connectivity index (χ4v) is 2.74. The summed E-state index contributed by atoms with van der Waals surface area (Å²) in [5, 5.41) is 0. The van der Waals surface area contributed by atoms with Crippen LogP contribution in [-0.4, -0.2) is 31.7 Å². The van der Waals surface area contributed by atoms with Gasteiger partial charge in [-0.25, -0.2) is 0 Å². The molecule has 3 nitrogen and oxygen atoms in total. The molecule has 118 valence electrons. The van der Waals surface area contributed by atoms with E-state index in [1.807, 2.05) is 11.9 Å². The first-order valence-electron chi connectivity index (χ1n) is 7.08. The van der Waals surface area contributed by atoms with E-state index in [-0.39, 0.29) is 17.8 Å². The van der Waals surface area contributed by atoms with E-state index in [9.17, 15) is 13.2 Å². The average molecular weight is 302 g/mol. The first-order valence-corrected chi connectivity index (χ1v) is 7.08. The zero-order valence-electron chi connectivity index (χ0n) is 12.1. The van der Waals surface area contributed by atoms with E-state index >= 15 is 0 Å². The molecule has 1 heterocycles. The predicted molar refractivity (Wildman–Crippen MR) is 75.7 cm³/mol. The van der Waals surface area contributed by atoms with Gasteiger partial charge in [-0.15, -0.1) is 0 Å². The molecule has 1 aromatic rings. The van der Waals surface area contributed by atoms with Gasteiger partial charge in [-0.05, 0) is 43.5 Å². The Balaban J connectivity index is 2.04. The largest absolute Gasteiger partial charge is 0.416 e. The lowest BCUT2D eigenvalue weighted by Crippen LogP contribution is -2.31. The van der Waals surface area contributed by atoms with Gasteiger partial charge in [0.05, 0.1) is 12.2 Å². The minimum absolute atomic E-state index is 0.134. The molecule has 6 heteroatoms. The van der Waals surface area contributed by atoms with Gasteiger partial charge in [-0.2, -0.15) is 13.2 Å². The zero-order valence-corrected chi connectivity index (χ0v) is 12.1. The van der Waals surface area contributed by atoms with Crippen molar-refractivity contribution in [2.45, 2.75) is 25.6 Å². The lowest BCUT2D eigenvalue weighted by molar-refractivity contribution is -0.138. The van der Waals surface area contributed by atoms with Crippen LogP contribution in [0.4, 0.5) is 18.9 Å². The van der Waals surface area contributed by atoms with E-state index in [4.69, 9.17) is 10.5 Å². The molecule has 1 saturated heterocycles. The fraction of sp³-hybridized carbons (Fsp3) is 0.600. The molecule has 0 aromatic heterocycles. The number of rotatable bonds is 4. The summed E-state index contributed by atoms with van der Waals surface area (Å²) in [5.41, 5.74) is 5.22. The number of halogens is 3. The Morgan fingerprint density at radius 3 is 2.76 bits per heavy atom. The zero-order chi connectivity index (χ0) is 15.5. The number of ether oxygens (including phenoxy) is 1. The van der Waals surface area contributed by atoms with Crippen LogP contribution < -0.4 is 5.73 Å². The minimum Gasteiger partial charge on any atom is -0.399 e. The second-order valence-electron chi connectivity index (χ2n) is 5.69. The van der Waals surface area contributed by atoms with Gasteiger partial charge in [0.1, 0.15) is 0 Å². The molecule has 0 bridgehead atoms. The summed E-state index contributed by atoms with van der Waals surface area (Å²) in [6.45, 7) is 2.47. The van der Waals surface area contributed by atoms with Crippen LogP contribution in [0.15, 0.2) is 18.2 Å². The van der Waals surface area contributed by atoms with Crippen LogP contribution >= 0.6 is 0 Å². The van der Waals surface area contributed by atoms with Crippen molar-refractivity contribution in [3.8, 4) is 0 Å². The van der Waals surface area contributed by atoms with Crippen molar-refractivity contribution < 1.29 is 17.9 Å². The van der Waals surface area contributed by atoms with Crippen LogP contribution in [-0.2, 0) is 17.5 Å². The molecule has 0 aliphatic carbocycles. The SMILES string of the molecule is CN(Cc1ccc(N)cc1C(F)(F)F)CC1CCCOC1. The molecule has 0 amide bonds. The van der Waals surface area contributed by atoms with E-state index in [1.165, 1.54) is 12.1 Å².